The zero-order valence-electron chi connectivity index (χ0n) is 27.2. The number of rotatable bonds is 12. The lowest BCUT2D eigenvalue weighted by molar-refractivity contribution is -0.843. The number of esters is 1. The summed E-state index contributed by atoms with van der Waals surface area (Å²) in [5, 5.41) is 73.6. The Morgan fingerprint density at radius 1 is 1.18 bits per heavy atom. The number of carboxylic acid groups (broad SMARTS) is 1. The largest absolute Gasteiger partial charge is 0.478 e. The Labute approximate surface area is 282 Å². The molecule has 17 nitrogen and oxygen atoms in total. The van der Waals surface area contributed by atoms with Gasteiger partial charge in [0.15, 0.2) is 18.4 Å². The summed E-state index contributed by atoms with van der Waals surface area (Å²) in [7, 11) is 1.43. The van der Waals surface area contributed by atoms with E-state index in [4.69, 9.17) is 24.7 Å². The van der Waals surface area contributed by atoms with Gasteiger partial charge in [-0.15, -0.1) is 6.58 Å². The van der Waals surface area contributed by atoms with Crippen LogP contribution in [0.3, 0.4) is 0 Å². The molecule has 272 valence electrons. The predicted octanol–water partition coefficient (Wildman–Crippen LogP) is -3.14. The normalized spacial score (nSPS) is 32.6. The smallest absolute Gasteiger partial charge is 0.339 e. The quantitative estimate of drug-likeness (QED) is 0.0318. The number of nitrogens with one attached hydrogen (secondary N) is 2. The molecule has 1 unspecified atom stereocenters. The second kappa shape index (κ2) is 16.8. The highest BCUT2D eigenvalue weighted by Crippen LogP contribution is 2.38. The molecule has 4 aliphatic rings. The standard InChI is InChI=1S/C32H46N4O13/c1-3-19-20(10-9-17-13-36(11-12-37)14-21(27(41)42)24(17)35-31(33)34-2)22(28(43)47-18-7-5-4-6-8-18)16-46-29(19)49-30-26(40)32(44,45)25(39)23(15-38)48-30/h3,9-10,13,16,18-20,23,25-26,29-30,37-40,44-45H,1,4-8,11-12,14-15H2,2H3,(H,41,42)(H3,33,34,35)/p+1/b10-9+/t19-,20+,23-,25-,26+,29+,30+/m1/s1. The third-order valence-electron chi connectivity index (χ3n) is 9.01. The lowest BCUT2D eigenvalue weighted by Gasteiger charge is -2.46. The lowest BCUT2D eigenvalue weighted by Crippen LogP contribution is -3.09. The van der Waals surface area contributed by atoms with Gasteiger partial charge in [0, 0.05) is 13.0 Å². The summed E-state index contributed by atoms with van der Waals surface area (Å²) < 4.78 is 22.9. The summed E-state index contributed by atoms with van der Waals surface area (Å²) in [4.78, 5) is 30.4. The van der Waals surface area contributed by atoms with Crippen molar-refractivity contribution in [2.75, 3.05) is 33.4 Å². The average Bonchev–Trinajstić information content (AvgIpc) is 3.08. The van der Waals surface area contributed by atoms with Gasteiger partial charge in [-0.1, -0.05) is 24.6 Å². The zero-order valence-corrected chi connectivity index (χ0v) is 27.2. The summed E-state index contributed by atoms with van der Waals surface area (Å²) in [6, 6.07) is 0. The molecule has 8 atom stereocenters. The van der Waals surface area contributed by atoms with E-state index in [0.717, 1.165) is 25.5 Å². The Hall–Kier alpha value is -3.65. The minimum absolute atomic E-state index is 0.0261. The highest BCUT2D eigenvalue weighted by molar-refractivity contribution is 5.92. The number of ether oxygens (including phenoxy) is 4. The van der Waals surface area contributed by atoms with Gasteiger partial charge in [0.05, 0.1) is 42.2 Å². The first-order valence-corrected chi connectivity index (χ1v) is 16.1. The number of aliphatic imine (C=N–C) groups is 1. The Balaban J connectivity index is 1.73. The van der Waals surface area contributed by atoms with Gasteiger partial charge >= 0.3 is 11.9 Å². The molecular formula is C32H47N4O13+. The number of carbonyl (C=O) groups excluding carboxylic acids is 1. The summed E-state index contributed by atoms with van der Waals surface area (Å²) in [6.45, 7) is 3.04. The van der Waals surface area contributed by atoms with Crippen LogP contribution in [0.25, 0.3) is 0 Å². The van der Waals surface area contributed by atoms with Crippen LogP contribution in [0.4, 0.5) is 0 Å². The maximum Gasteiger partial charge on any atom is 0.339 e. The molecule has 1 saturated heterocycles. The zero-order chi connectivity index (χ0) is 35.9. The second-order valence-electron chi connectivity index (χ2n) is 12.3. The summed E-state index contributed by atoms with van der Waals surface area (Å²) in [5.41, 5.74) is 6.46. The van der Waals surface area contributed by atoms with Gasteiger partial charge in [-0.05, 0) is 25.7 Å². The molecule has 1 aliphatic carbocycles. The predicted molar refractivity (Wildman–Crippen MR) is 169 cm³/mol. The van der Waals surface area contributed by atoms with E-state index in [-0.39, 0.29) is 48.6 Å². The Kier molecular flexibility index (Phi) is 13.1. The number of hydrogen-bond acceptors (Lipinski definition) is 13. The van der Waals surface area contributed by atoms with Crippen LogP contribution in [-0.2, 0) is 28.5 Å². The van der Waals surface area contributed by atoms with Gasteiger partial charge in [-0.25, -0.2) is 9.59 Å². The average molecular weight is 696 g/mol. The molecule has 17 heteroatoms. The van der Waals surface area contributed by atoms with Crippen LogP contribution in [-0.4, -0.2) is 130 Å². The molecule has 2 fully saturated rings. The molecule has 0 aromatic heterocycles. The number of guanidine groups is 1. The fourth-order valence-electron chi connectivity index (χ4n) is 6.23. The fourth-order valence-corrected chi connectivity index (χ4v) is 6.23. The van der Waals surface area contributed by atoms with Gasteiger partial charge in [-0.2, -0.15) is 0 Å². The van der Waals surface area contributed by atoms with E-state index in [2.05, 4.69) is 16.9 Å². The molecule has 49 heavy (non-hydrogen) atoms. The number of carboxylic acids is 1. The summed E-state index contributed by atoms with van der Waals surface area (Å²) in [5.74, 6) is -6.89. The van der Waals surface area contributed by atoms with Crippen molar-refractivity contribution >= 4 is 17.9 Å². The van der Waals surface area contributed by atoms with Crippen molar-refractivity contribution in [1.82, 2.24) is 5.32 Å². The fraction of sp³-hybridized carbons (Fsp3) is 0.594. The van der Waals surface area contributed by atoms with Crippen LogP contribution in [0, 0.1) is 11.8 Å². The monoisotopic (exact) mass is 695 g/mol. The first-order chi connectivity index (χ1) is 23.4. The molecule has 0 spiro atoms. The van der Waals surface area contributed by atoms with Crippen LogP contribution in [0.1, 0.15) is 32.1 Å². The Morgan fingerprint density at radius 3 is 2.51 bits per heavy atom. The number of aliphatic carboxylic acids is 1. The number of aliphatic hydroxyl groups is 6. The summed E-state index contributed by atoms with van der Waals surface area (Å²) in [6.07, 6.45) is 2.33. The molecule has 0 bridgehead atoms. The number of carbonyl (C=O) groups is 2. The van der Waals surface area contributed by atoms with E-state index in [9.17, 15) is 45.3 Å². The SMILES string of the molecule is C=C[C@H]1[C@H](O[C@@H]2O[C@H](CO)[C@@H](O)C(O)(O)[C@H]2O)OC=C(C(=O)OC2CCCCC2)[C@H]1/C=C/C1=C[NH+](CCO)CC(C(=O)O)=C1NC(N)=NC. The number of allylic oxidation sites excluding steroid dienone is 2. The number of nitrogens with two attached hydrogens (primary N) is 1. The van der Waals surface area contributed by atoms with Crippen molar-refractivity contribution in [3.63, 3.8) is 0 Å². The van der Waals surface area contributed by atoms with E-state index < -0.39 is 67.1 Å². The number of nitrogens with zero attached hydrogens (tertiary/aromatic N) is 1. The molecule has 11 N–H and O–H groups in total. The highest BCUT2D eigenvalue weighted by atomic mass is 16.8. The van der Waals surface area contributed by atoms with E-state index in [1.54, 1.807) is 18.4 Å². The third-order valence-corrected chi connectivity index (χ3v) is 9.01. The van der Waals surface area contributed by atoms with Crippen molar-refractivity contribution < 1.29 is 69.2 Å². The van der Waals surface area contributed by atoms with Gasteiger partial charge in [0.2, 0.25) is 12.1 Å². The Morgan fingerprint density at radius 2 is 1.90 bits per heavy atom. The lowest BCUT2D eigenvalue weighted by atomic mass is 9.83. The van der Waals surface area contributed by atoms with E-state index in [1.165, 1.54) is 13.1 Å². The minimum atomic E-state index is -3.11. The highest BCUT2D eigenvalue weighted by Gasteiger charge is 2.56. The maximum absolute atomic E-state index is 13.6. The van der Waals surface area contributed by atoms with Crippen LogP contribution in [0.15, 0.2) is 64.7 Å². The van der Waals surface area contributed by atoms with E-state index in [0.29, 0.717) is 23.3 Å². The molecule has 0 radical (unpaired) electrons. The molecule has 4 rings (SSSR count). The van der Waals surface area contributed by atoms with Crippen molar-refractivity contribution in [2.24, 2.45) is 22.6 Å². The first kappa shape index (κ1) is 38.2. The Bertz CT molecular complexity index is 1370. The molecule has 3 heterocycles. The first-order valence-electron chi connectivity index (χ1n) is 16.1. The molecular weight excluding hydrogens is 648 g/mol. The van der Waals surface area contributed by atoms with Crippen LogP contribution >= 0.6 is 0 Å². The number of quaternary nitrogens is 1. The molecule has 3 aliphatic heterocycles. The van der Waals surface area contributed by atoms with Crippen LogP contribution < -0.4 is 16.0 Å². The molecule has 0 amide bonds. The summed E-state index contributed by atoms with van der Waals surface area (Å²) >= 11 is 0. The minimum Gasteiger partial charge on any atom is -0.478 e. The van der Waals surface area contributed by atoms with Gasteiger partial charge in [0.25, 0.3) is 0 Å². The molecule has 0 aromatic rings. The third kappa shape index (κ3) is 8.75. The van der Waals surface area contributed by atoms with Crippen LogP contribution in [0.5, 0.6) is 0 Å². The van der Waals surface area contributed by atoms with Crippen molar-refractivity contribution in [2.45, 2.75) is 74.9 Å². The van der Waals surface area contributed by atoms with Crippen molar-refractivity contribution in [3.8, 4) is 0 Å². The topological polar surface area (TPSA) is 268 Å². The maximum atomic E-state index is 13.6. The molecule has 0 aromatic carbocycles. The van der Waals surface area contributed by atoms with Crippen molar-refractivity contribution in [1.29, 1.82) is 0 Å². The van der Waals surface area contributed by atoms with E-state index in [1.807, 2.05) is 0 Å². The molecule has 1 saturated carbocycles. The number of hydrogen-bond donors (Lipinski definition) is 10. The van der Waals surface area contributed by atoms with Gasteiger partial charge in [0.1, 0.15) is 43.2 Å². The van der Waals surface area contributed by atoms with Crippen molar-refractivity contribution in [3.05, 3.63) is 59.7 Å². The number of aliphatic hydroxyl groups excluding tert-OH is 4. The van der Waals surface area contributed by atoms with Gasteiger partial charge in [-0.3, -0.25) is 4.99 Å². The van der Waals surface area contributed by atoms with E-state index >= 15 is 0 Å². The second-order valence-corrected chi connectivity index (χ2v) is 12.3. The van der Waals surface area contributed by atoms with Gasteiger partial charge < -0.3 is 70.6 Å². The van der Waals surface area contributed by atoms with Crippen LogP contribution in [0.2, 0.25) is 0 Å².